The molecule has 3 N–H and O–H groups in total. The molecular weight excluding hydrogens is 186 g/mol. The normalized spacial score (nSPS) is 11.2. The zero-order valence-corrected chi connectivity index (χ0v) is 7.47. The van der Waals surface area contributed by atoms with Gasteiger partial charge >= 0.3 is 11.9 Å². The van der Waals surface area contributed by atoms with Crippen molar-refractivity contribution >= 4 is 24.3 Å². The maximum atomic E-state index is 10.6. The molecule has 0 unspecified atom stereocenters. The molecule has 0 saturated carbocycles. The molecule has 72 valence electrons. The summed E-state index contributed by atoms with van der Waals surface area (Å²) in [6.45, 7) is 1.88. The van der Waals surface area contributed by atoms with Gasteiger partial charge in [0, 0.05) is 0 Å². The number of carbonyl (C=O) groups excluding carboxylic acids is 1. The van der Waals surface area contributed by atoms with Crippen LogP contribution >= 0.6 is 12.4 Å². The van der Waals surface area contributed by atoms with Crippen LogP contribution in [0.3, 0.4) is 0 Å². The number of esters is 1. The highest BCUT2D eigenvalue weighted by atomic mass is 35.5. The number of nitrogens with two attached hydrogens (primary N) is 1. The van der Waals surface area contributed by atoms with E-state index in [0.717, 1.165) is 0 Å². The Morgan fingerprint density at radius 2 is 2.08 bits per heavy atom. The molecule has 6 heteroatoms. The molecule has 0 heterocycles. The maximum absolute atomic E-state index is 10.6. The number of aliphatic carboxylic acids is 1. The summed E-state index contributed by atoms with van der Waals surface area (Å²) < 4.78 is 4.48. The third-order valence-corrected chi connectivity index (χ3v) is 1.01. The van der Waals surface area contributed by atoms with Crippen molar-refractivity contribution in [2.75, 3.05) is 6.61 Å². The molecule has 1 atom stereocenters. The van der Waals surface area contributed by atoms with Crippen LogP contribution in [0.1, 0.15) is 13.3 Å². The standard InChI is InChI=1S/C6H11NO4.ClH/c1-2-11-5(8)3-4(7)6(9)10;/h4H,2-3,7H2,1H3,(H,9,10);1H/t4-;/m0./s1. The minimum Gasteiger partial charge on any atom is -0.480 e. The Balaban J connectivity index is 0. The van der Waals surface area contributed by atoms with E-state index in [1.165, 1.54) is 0 Å². The van der Waals surface area contributed by atoms with Gasteiger partial charge in [-0.3, -0.25) is 9.59 Å². The van der Waals surface area contributed by atoms with E-state index in [0.29, 0.717) is 0 Å². The number of halogens is 1. The Hall–Kier alpha value is -0.810. The summed E-state index contributed by atoms with van der Waals surface area (Å²) in [6.07, 6.45) is -0.275. The molecule has 0 aliphatic rings. The molecule has 0 fully saturated rings. The van der Waals surface area contributed by atoms with Gasteiger partial charge in [0.05, 0.1) is 13.0 Å². The summed E-state index contributed by atoms with van der Waals surface area (Å²) in [6, 6.07) is -1.16. The third-order valence-electron chi connectivity index (χ3n) is 1.01. The highest BCUT2D eigenvalue weighted by molar-refractivity contribution is 5.85. The SMILES string of the molecule is CCOC(=O)C[C@H](N)C(=O)O.Cl. The maximum Gasteiger partial charge on any atom is 0.321 e. The van der Waals surface area contributed by atoms with Crippen LogP contribution < -0.4 is 5.73 Å². The second-order valence-electron chi connectivity index (χ2n) is 1.95. The average Bonchev–Trinajstić information content (AvgIpc) is 1.87. The number of carboxylic acids is 1. The van der Waals surface area contributed by atoms with Crippen molar-refractivity contribution in [3.8, 4) is 0 Å². The number of rotatable bonds is 4. The van der Waals surface area contributed by atoms with Gasteiger partial charge in [-0.15, -0.1) is 12.4 Å². The molecule has 0 aromatic rings. The Labute approximate surface area is 76.3 Å². The minimum absolute atomic E-state index is 0. The van der Waals surface area contributed by atoms with Gasteiger partial charge in [-0.05, 0) is 6.92 Å². The molecule has 0 radical (unpaired) electrons. The number of carboxylic acid groups (broad SMARTS) is 1. The lowest BCUT2D eigenvalue weighted by Gasteiger charge is -2.04. The second-order valence-corrected chi connectivity index (χ2v) is 1.95. The van der Waals surface area contributed by atoms with E-state index in [9.17, 15) is 9.59 Å². The second kappa shape index (κ2) is 6.87. The predicted molar refractivity (Wildman–Crippen MR) is 44.1 cm³/mol. The third kappa shape index (κ3) is 5.94. The average molecular weight is 198 g/mol. The quantitative estimate of drug-likeness (QED) is 0.608. The van der Waals surface area contributed by atoms with E-state index in [1.807, 2.05) is 0 Å². The molecule has 0 rings (SSSR count). The highest BCUT2D eigenvalue weighted by Crippen LogP contribution is 1.91. The van der Waals surface area contributed by atoms with Crippen LogP contribution in [-0.4, -0.2) is 29.7 Å². The first-order valence-electron chi connectivity index (χ1n) is 3.22. The first kappa shape index (κ1) is 13.8. The van der Waals surface area contributed by atoms with E-state index >= 15 is 0 Å². The predicted octanol–water partition coefficient (Wildman–Crippen LogP) is -0.227. The van der Waals surface area contributed by atoms with Gasteiger partial charge in [-0.1, -0.05) is 0 Å². The van der Waals surface area contributed by atoms with Gasteiger partial charge in [0.1, 0.15) is 6.04 Å². The molecule has 0 aliphatic heterocycles. The lowest BCUT2D eigenvalue weighted by atomic mass is 10.2. The number of ether oxygens (including phenoxy) is 1. The van der Waals surface area contributed by atoms with Gasteiger partial charge in [0.2, 0.25) is 0 Å². The van der Waals surface area contributed by atoms with Crippen LogP contribution in [0.15, 0.2) is 0 Å². The van der Waals surface area contributed by atoms with Crippen LogP contribution in [-0.2, 0) is 14.3 Å². The van der Waals surface area contributed by atoms with Crippen LogP contribution in [0, 0.1) is 0 Å². The molecule has 0 saturated heterocycles. The van der Waals surface area contributed by atoms with Crippen molar-refractivity contribution < 1.29 is 19.4 Å². The van der Waals surface area contributed by atoms with Crippen molar-refractivity contribution in [1.82, 2.24) is 0 Å². The Morgan fingerprint density at radius 3 is 2.42 bits per heavy atom. The fraction of sp³-hybridized carbons (Fsp3) is 0.667. The summed E-state index contributed by atoms with van der Waals surface area (Å²) >= 11 is 0. The topological polar surface area (TPSA) is 89.6 Å². The summed E-state index contributed by atoms with van der Waals surface area (Å²) in [5, 5.41) is 8.27. The Morgan fingerprint density at radius 1 is 1.58 bits per heavy atom. The smallest absolute Gasteiger partial charge is 0.321 e. The number of hydrogen-bond donors (Lipinski definition) is 2. The van der Waals surface area contributed by atoms with Gasteiger partial charge < -0.3 is 15.6 Å². The van der Waals surface area contributed by atoms with E-state index in [4.69, 9.17) is 10.8 Å². The monoisotopic (exact) mass is 197 g/mol. The Kier molecular flexibility index (Phi) is 7.88. The van der Waals surface area contributed by atoms with E-state index < -0.39 is 18.0 Å². The van der Waals surface area contributed by atoms with Gasteiger partial charge in [-0.25, -0.2) is 0 Å². The van der Waals surface area contributed by atoms with E-state index in [2.05, 4.69) is 4.74 Å². The molecule has 0 aromatic heterocycles. The Bertz CT molecular complexity index is 162. The number of carbonyl (C=O) groups is 2. The first-order valence-corrected chi connectivity index (χ1v) is 3.22. The molecule has 12 heavy (non-hydrogen) atoms. The molecule has 0 spiro atoms. The van der Waals surface area contributed by atoms with Crippen LogP contribution in [0.25, 0.3) is 0 Å². The molecule has 0 aromatic carbocycles. The molecule has 0 amide bonds. The fourth-order valence-electron chi connectivity index (χ4n) is 0.487. The van der Waals surface area contributed by atoms with Gasteiger partial charge in [-0.2, -0.15) is 0 Å². The highest BCUT2D eigenvalue weighted by Gasteiger charge is 2.16. The summed E-state index contributed by atoms with van der Waals surface area (Å²) in [4.78, 5) is 20.7. The van der Waals surface area contributed by atoms with Crippen molar-refractivity contribution in [3.05, 3.63) is 0 Å². The van der Waals surface area contributed by atoms with E-state index in [1.54, 1.807) is 6.92 Å². The molecular formula is C6H12ClNO4. The van der Waals surface area contributed by atoms with Crippen molar-refractivity contribution in [2.45, 2.75) is 19.4 Å². The largest absolute Gasteiger partial charge is 0.480 e. The summed E-state index contributed by atoms with van der Waals surface area (Å²) in [7, 11) is 0. The van der Waals surface area contributed by atoms with Crippen molar-refractivity contribution in [2.24, 2.45) is 5.73 Å². The molecule has 0 bridgehead atoms. The van der Waals surface area contributed by atoms with Crippen LogP contribution in [0.5, 0.6) is 0 Å². The van der Waals surface area contributed by atoms with Crippen molar-refractivity contribution in [1.29, 1.82) is 0 Å². The van der Waals surface area contributed by atoms with Gasteiger partial charge in [0.25, 0.3) is 0 Å². The number of hydrogen-bond acceptors (Lipinski definition) is 4. The molecule has 5 nitrogen and oxygen atoms in total. The van der Waals surface area contributed by atoms with Crippen molar-refractivity contribution in [3.63, 3.8) is 0 Å². The molecule has 0 aliphatic carbocycles. The van der Waals surface area contributed by atoms with Gasteiger partial charge in [0.15, 0.2) is 0 Å². The first-order chi connectivity index (χ1) is 5.07. The fourth-order valence-corrected chi connectivity index (χ4v) is 0.487. The lowest BCUT2D eigenvalue weighted by Crippen LogP contribution is -2.33. The zero-order valence-electron chi connectivity index (χ0n) is 6.65. The zero-order chi connectivity index (χ0) is 8.85. The summed E-state index contributed by atoms with van der Waals surface area (Å²) in [5.41, 5.74) is 5.05. The van der Waals surface area contributed by atoms with Crippen LogP contribution in [0.4, 0.5) is 0 Å². The lowest BCUT2D eigenvalue weighted by molar-refractivity contribution is -0.148. The summed E-state index contributed by atoms with van der Waals surface area (Å²) in [5.74, 6) is -1.78. The minimum atomic E-state index is -1.20. The van der Waals surface area contributed by atoms with E-state index in [-0.39, 0.29) is 25.4 Å². The van der Waals surface area contributed by atoms with Crippen LogP contribution in [0.2, 0.25) is 0 Å².